The molecule has 0 unspecified atom stereocenters. The Bertz CT molecular complexity index is 893. The molecular formula is C18H14Cl2FN3O2. The summed E-state index contributed by atoms with van der Waals surface area (Å²) in [6.07, 6.45) is 2.78. The highest BCUT2D eigenvalue weighted by atomic mass is 35.5. The summed E-state index contributed by atoms with van der Waals surface area (Å²) in [4.78, 5) is 11.9. The summed E-state index contributed by atoms with van der Waals surface area (Å²) in [5.41, 5.74) is 1.41. The van der Waals surface area contributed by atoms with Gasteiger partial charge in [-0.25, -0.2) is 13.9 Å². The molecular weight excluding hydrogens is 380 g/mol. The van der Waals surface area contributed by atoms with Crippen molar-refractivity contribution in [1.29, 1.82) is 0 Å². The maximum Gasteiger partial charge on any atom is 0.412 e. The van der Waals surface area contributed by atoms with Crippen molar-refractivity contribution in [3.63, 3.8) is 0 Å². The molecule has 134 valence electrons. The quantitative estimate of drug-likeness (QED) is 0.686. The van der Waals surface area contributed by atoms with Gasteiger partial charge in [0.05, 0.1) is 18.1 Å². The van der Waals surface area contributed by atoms with E-state index in [1.165, 1.54) is 29.2 Å². The molecule has 1 aromatic heterocycles. The van der Waals surface area contributed by atoms with Gasteiger partial charge in [-0.15, -0.1) is 0 Å². The highest BCUT2D eigenvalue weighted by Crippen LogP contribution is 2.24. The van der Waals surface area contributed by atoms with Crippen LogP contribution in [0.15, 0.2) is 54.9 Å². The average molecular weight is 394 g/mol. The van der Waals surface area contributed by atoms with E-state index >= 15 is 0 Å². The molecule has 0 saturated carbocycles. The monoisotopic (exact) mass is 393 g/mol. The lowest BCUT2D eigenvalue weighted by atomic mass is 10.1. The molecule has 5 nitrogen and oxygen atoms in total. The van der Waals surface area contributed by atoms with Gasteiger partial charge in [0.2, 0.25) is 0 Å². The van der Waals surface area contributed by atoms with Crippen LogP contribution in [-0.4, -0.2) is 22.4 Å². The number of benzene rings is 2. The number of halogens is 3. The number of amides is 1. The van der Waals surface area contributed by atoms with Crippen LogP contribution in [0.25, 0.3) is 5.69 Å². The first-order chi connectivity index (χ1) is 12.5. The third kappa shape index (κ3) is 4.53. The Hall–Kier alpha value is -2.57. The van der Waals surface area contributed by atoms with E-state index in [-0.39, 0.29) is 11.6 Å². The fourth-order valence-electron chi connectivity index (χ4n) is 2.30. The van der Waals surface area contributed by atoms with Gasteiger partial charge in [-0.05, 0) is 48.4 Å². The molecule has 0 aliphatic rings. The second-order valence-corrected chi connectivity index (χ2v) is 6.18. The first-order valence-electron chi connectivity index (χ1n) is 7.72. The largest absolute Gasteiger partial charge is 0.412 e. The van der Waals surface area contributed by atoms with Gasteiger partial charge >= 0.3 is 6.09 Å². The summed E-state index contributed by atoms with van der Waals surface area (Å²) >= 11 is 12.2. The predicted molar refractivity (Wildman–Crippen MR) is 97.7 cm³/mol. The predicted octanol–water partition coefficient (Wildman–Crippen LogP) is 4.65. The number of rotatable bonds is 5. The normalized spacial score (nSPS) is 10.6. The zero-order valence-corrected chi connectivity index (χ0v) is 15.0. The summed E-state index contributed by atoms with van der Waals surface area (Å²) in [5, 5.41) is 7.80. The standard InChI is InChI=1S/C18H14Cl2FN3O2/c19-16-2-1-3-17(20)15(16)8-9-22-18(25)26-14-10-23-24(11-14)13-6-4-12(21)5-7-13/h1-7,10-11H,8-9H2,(H,22,25). The number of nitrogens with one attached hydrogen (secondary N) is 1. The number of hydrogen-bond donors (Lipinski definition) is 1. The number of aromatic nitrogens is 2. The van der Waals surface area contributed by atoms with E-state index in [0.717, 1.165) is 5.56 Å². The summed E-state index contributed by atoms with van der Waals surface area (Å²) < 4.78 is 19.6. The van der Waals surface area contributed by atoms with Crippen LogP contribution < -0.4 is 10.1 Å². The number of ether oxygens (including phenoxy) is 1. The van der Waals surface area contributed by atoms with Crippen LogP contribution in [-0.2, 0) is 6.42 Å². The van der Waals surface area contributed by atoms with E-state index in [4.69, 9.17) is 27.9 Å². The first-order valence-corrected chi connectivity index (χ1v) is 8.48. The molecule has 3 aromatic rings. The van der Waals surface area contributed by atoms with Gasteiger partial charge in [0.1, 0.15) is 5.82 Å². The van der Waals surface area contributed by atoms with Gasteiger partial charge < -0.3 is 10.1 Å². The van der Waals surface area contributed by atoms with Crippen molar-refractivity contribution in [3.05, 3.63) is 76.3 Å². The van der Waals surface area contributed by atoms with E-state index in [2.05, 4.69) is 10.4 Å². The molecule has 0 fully saturated rings. The Labute approximate surface area is 159 Å². The van der Waals surface area contributed by atoms with Gasteiger partial charge in [-0.2, -0.15) is 5.10 Å². The highest BCUT2D eigenvalue weighted by Gasteiger charge is 2.09. The Kier molecular flexibility index (Phi) is 5.75. The van der Waals surface area contributed by atoms with Gasteiger partial charge in [0, 0.05) is 16.6 Å². The van der Waals surface area contributed by atoms with E-state index in [0.29, 0.717) is 28.7 Å². The molecule has 26 heavy (non-hydrogen) atoms. The van der Waals surface area contributed by atoms with Crippen LogP contribution in [0.5, 0.6) is 5.75 Å². The van der Waals surface area contributed by atoms with Crippen molar-refractivity contribution in [2.24, 2.45) is 0 Å². The van der Waals surface area contributed by atoms with E-state index in [1.807, 2.05) is 0 Å². The van der Waals surface area contributed by atoms with Gasteiger partial charge in [0.25, 0.3) is 0 Å². The minimum absolute atomic E-state index is 0.266. The lowest BCUT2D eigenvalue weighted by Gasteiger charge is -2.08. The van der Waals surface area contributed by atoms with Crippen molar-refractivity contribution in [2.45, 2.75) is 6.42 Å². The SMILES string of the molecule is O=C(NCCc1c(Cl)cccc1Cl)Oc1cnn(-c2ccc(F)cc2)c1. The number of nitrogens with zero attached hydrogens (tertiary/aromatic N) is 2. The van der Waals surface area contributed by atoms with Crippen molar-refractivity contribution < 1.29 is 13.9 Å². The van der Waals surface area contributed by atoms with Crippen molar-refractivity contribution in [2.75, 3.05) is 6.54 Å². The zero-order chi connectivity index (χ0) is 18.5. The van der Waals surface area contributed by atoms with E-state index < -0.39 is 6.09 Å². The van der Waals surface area contributed by atoms with E-state index in [1.54, 1.807) is 30.3 Å². The number of hydrogen-bond acceptors (Lipinski definition) is 3. The van der Waals surface area contributed by atoms with E-state index in [9.17, 15) is 9.18 Å². The zero-order valence-electron chi connectivity index (χ0n) is 13.5. The Morgan fingerprint density at radius 3 is 2.54 bits per heavy atom. The fourth-order valence-corrected chi connectivity index (χ4v) is 2.88. The van der Waals surface area contributed by atoms with Crippen LogP contribution in [0.3, 0.4) is 0 Å². The summed E-state index contributed by atoms with van der Waals surface area (Å²) in [6.45, 7) is 0.314. The Morgan fingerprint density at radius 2 is 1.85 bits per heavy atom. The van der Waals surface area contributed by atoms with Crippen LogP contribution in [0.2, 0.25) is 10.0 Å². The molecule has 0 aliphatic heterocycles. The Balaban J connectivity index is 1.53. The lowest BCUT2D eigenvalue weighted by Crippen LogP contribution is -2.28. The van der Waals surface area contributed by atoms with Crippen LogP contribution in [0.4, 0.5) is 9.18 Å². The second kappa shape index (κ2) is 8.21. The topological polar surface area (TPSA) is 56.1 Å². The molecule has 0 aliphatic carbocycles. The van der Waals surface area contributed by atoms with Crippen molar-refractivity contribution in [1.82, 2.24) is 15.1 Å². The second-order valence-electron chi connectivity index (χ2n) is 5.36. The molecule has 0 bridgehead atoms. The van der Waals surface area contributed by atoms with Crippen molar-refractivity contribution in [3.8, 4) is 11.4 Å². The van der Waals surface area contributed by atoms with Gasteiger partial charge in [-0.3, -0.25) is 0 Å². The summed E-state index contributed by atoms with van der Waals surface area (Å²) in [5.74, 6) is -0.0713. The number of carbonyl (C=O) groups excluding carboxylic acids is 1. The van der Waals surface area contributed by atoms with Gasteiger partial charge in [0.15, 0.2) is 5.75 Å². The van der Waals surface area contributed by atoms with Crippen LogP contribution in [0, 0.1) is 5.82 Å². The maximum atomic E-state index is 12.9. The maximum absolute atomic E-state index is 12.9. The molecule has 8 heteroatoms. The fraction of sp³-hybridized carbons (Fsp3) is 0.111. The molecule has 0 atom stereocenters. The molecule has 1 heterocycles. The molecule has 0 saturated heterocycles. The molecule has 0 radical (unpaired) electrons. The molecule has 3 rings (SSSR count). The Morgan fingerprint density at radius 1 is 1.15 bits per heavy atom. The number of carbonyl (C=O) groups is 1. The molecule has 1 N–H and O–H groups in total. The lowest BCUT2D eigenvalue weighted by molar-refractivity contribution is 0.200. The van der Waals surface area contributed by atoms with Gasteiger partial charge in [-0.1, -0.05) is 29.3 Å². The summed E-state index contributed by atoms with van der Waals surface area (Å²) in [7, 11) is 0. The smallest absolute Gasteiger partial charge is 0.407 e. The molecule has 2 aromatic carbocycles. The van der Waals surface area contributed by atoms with Crippen molar-refractivity contribution >= 4 is 29.3 Å². The average Bonchev–Trinajstić information content (AvgIpc) is 3.06. The molecule has 1 amide bonds. The minimum Gasteiger partial charge on any atom is -0.407 e. The highest BCUT2D eigenvalue weighted by molar-refractivity contribution is 6.35. The summed E-state index contributed by atoms with van der Waals surface area (Å²) in [6, 6.07) is 11.0. The third-order valence-electron chi connectivity index (χ3n) is 3.57. The van der Waals surface area contributed by atoms with Crippen LogP contribution in [0.1, 0.15) is 5.56 Å². The third-order valence-corrected chi connectivity index (χ3v) is 4.27. The van der Waals surface area contributed by atoms with Crippen LogP contribution >= 0.6 is 23.2 Å². The molecule has 0 spiro atoms. The first kappa shape index (κ1) is 18.2. The minimum atomic E-state index is -0.619.